The lowest BCUT2D eigenvalue weighted by Gasteiger charge is -2.36. The number of nitrogens with one attached hydrogen (secondary N) is 1. The molecule has 3 rings (SSSR count). The predicted octanol–water partition coefficient (Wildman–Crippen LogP) is 1.18. The van der Waals surface area contributed by atoms with Crippen molar-refractivity contribution in [1.29, 1.82) is 0 Å². The fourth-order valence-corrected chi connectivity index (χ4v) is 2.56. The summed E-state index contributed by atoms with van der Waals surface area (Å²) < 4.78 is 15.8. The fourth-order valence-electron chi connectivity index (χ4n) is 2.56. The smallest absolute Gasteiger partial charge is 0.317 e. The van der Waals surface area contributed by atoms with Gasteiger partial charge in [-0.1, -0.05) is 5.16 Å². The molecule has 0 atom stereocenters. The van der Waals surface area contributed by atoms with Gasteiger partial charge in [-0.3, -0.25) is 0 Å². The van der Waals surface area contributed by atoms with Crippen LogP contribution in [0.1, 0.15) is 36.9 Å². The van der Waals surface area contributed by atoms with Crippen LogP contribution in [0.25, 0.3) is 0 Å². The Morgan fingerprint density at radius 3 is 2.96 bits per heavy atom. The number of likely N-dealkylation sites (tertiary alicyclic amines) is 1. The van der Waals surface area contributed by atoms with Crippen molar-refractivity contribution in [3.8, 4) is 0 Å². The van der Waals surface area contributed by atoms with Crippen LogP contribution in [0.4, 0.5) is 4.79 Å². The molecule has 1 aliphatic heterocycles. The quantitative estimate of drug-likeness (QED) is 0.645. The van der Waals surface area contributed by atoms with Gasteiger partial charge >= 0.3 is 6.03 Å². The lowest BCUT2D eigenvalue weighted by molar-refractivity contribution is 0.125. The molecule has 2 aliphatic rings. The van der Waals surface area contributed by atoms with Crippen molar-refractivity contribution in [2.24, 2.45) is 5.92 Å². The van der Waals surface area contributed by atoms with Gasteiger partial charge < -0.3 is 24.2 Å². The molecule has 2 amide bonds. The van der Waals surface area contributed by atoms with Gasteiger partial charge in [-0.2, -0.15) is 4.98 Å². The monoisotopic (exact) mass is 338 g/mol. The zero-order valence-electron chi connectivity index (χ0n) is 14.2. The number of carbonyl (C=O) groups excluding carboxylic acids is 1. The molecule has 1 aromatic heterocycles. The van der Waals surface area contributed by atoms with Crippen LogP contribution in [0.2, 0.25) is 0 Å². The van der Waals surface area contributed by atoms with Gasteiger partial charge in [0.25, 0.3) is 0 Å². The molecule has 0 radical (unpaired) electrons. The number of urea groups is 1. The molecule has 8 heteroatoms. The molecule has 1 saturated carbocycles. The Morgan fingerprint density at radius 2 is 2.21 bits per heavy atom. The summed E-state index contributed by atoms with van der Waals surface area (Å²) in [5.41, 5.74) is 0. The van der Waals surface area contributed by atoms with Gasteiger partial charge in [-0.15, -0.1) is 0 Å². The van der Waals surface area contributed by atoms with Crippen LogP contribution >= 0.6 is 0 Å². The van der Waals surface area contributed by atoms with E-state index in [0.717, 1.165) is 18.9 Å². The summed E-state index contributed by atoms with van der Waals surface area (Å²) in [5, 5.41) is 6.86. The molecule has 0 unspecified atom stereocenters. The molecule has 2 fully saturated rings. The van der Waals surface area contributed by atoms with Crippen LogP contribution in [-0.2, 0) is 15.9 Å². The highest BCUT2D eigenvalue weighted by Crippen LogP contribution is 2.29. The van der Waals surface area contributed by atoms with Crippen LogP contribution in [0.15, 0.2) is 4.52 Å². The fraction of sp³-hybridized carbons (Fsp3) is 0.812. The van der Waals surface area contributed by atoms with Gasteiger partial charge in [0.1, 0.15) is 0 Å². The zero-order chi connectivity index (χ0) is 16.8. The van der Waals surface area contributed by atoms with Crippen molar-refractivity contribution >= 4 is 6.03 Å². The first-order valence-corrected chi connectivity index (χ1v) is 8.68. The Kier molecular flexibility index (Phi) is 6.03. The van der Waals surface area contributed by atoms with Crippen molar-refractivity contribution in [1.82, 2.24) is 20.4 Å². The first-order valence-electron chi connectivity index (χ1n) is 8.68. The third kappa shape index (κ3) is 4.91. The summed E-state index contributed by atoms with van der Waals surface area (Å²) in [4.78, 5) is 18.1. The minimum absolute atomic E-state index is 0.0458. The van der Waals surface area contributed by atoms with E-state index in [1.807, 2.05) is 0 Å². The summed E-state index contributed by atoms with van der Waals surface area (Å²) in [6.07, 6.45) is 4.08. The Balaban J connectivity index is 1.31. The van der Waals surface area contributed by atoms with Crippen molar-refractivity contribution in [2.45, 2.75) is 31.6 Å². The number of methoxy groups -OCH3 is 1. The molecule has 0 aromatic carbocycles. The van der Waals surface area contributed by atoms with Crippen molar-refractivity contribution in [3.63, 3.8) is 0 Å². The summed E-state index contributed by atoms with van der Waals surface area (Å²) in [6.45, 7) is 4.00. The van der Waals surface area contributed by atoms with E-state index in [0.29, 0.717) is 51.0 Å². The van der Waals surface area contributed by atoms with E-state index >= 15 is 0 Å². The van der Waals surface area contributed by atoms with E-state index in [9.17, 15) is 4.79 Å². The average molecular weight is 338 g/mol. The molecule has 2 heterocycles. The van der Waals surface area contributed by atoms with Crippen molar-refractivity contribution < 1.29 is 18.8 Å². The first kappa shape index (κ1) is 17.2. The zero-order valence-corrected chi connectivity index (χ0v) is 14.2. The minimum Gasteiger partial charge on any atom is -0.385 e. The standard InChI is InChI=1S/C16H26N4O4/c1-22-7-2-6-17-16(21)20-9-13(10-20)15-18-14(19-24-15)5-8-23-11-12-3-4-12/h12-13H,2-11H2,1H3,(H,17,21). The maximum atomic E-state index is 11.9. The molecule has 1 saturated heterocycles. The van der Waals surface area contributed by atoms with Gasteiger partial charge in [0.15, 0.2) is 5.82 Å². The number of ether oxygens (including phenoxy) is 2. The molecular formula is C16H26N4O4. The minimum atomic E-state index is -0.0458. The molecule has 1 aromatic rings. The largest absolute Gasteiger partial charge is 0.385 e. The van der Waals surface area contributed by atoms with Gasteiger partial charge in [-0.05, 0) is 25.2 Å². The number of aromatic nitrogens is 2. The molecule has 134 valence electrons. The Bertz CT molecular complexity index is 526. The van der Waals surface area contributed by atoms with Crippen LogP contribution in [0.3, 0.4) is 0 Å². The van der Waals surface area contributed by atoms with Gasteiger partial charge in [-0.25, -0.2) is 4.79 Å². The number of nitrogens with zero attached hydrogens (tertiary/aromatic N) is 3. The second kappa shape index (κ2) is 8.43. The van der Waals surface area contributed by atoms with Crippen LogP contribution in [-0.4, -0.2) is 67.6 Å². The average Bonchev–Trinajstić information content (AvgIpc) is 3.25. The van der Waals surface area contributed by atoms with Crippen LogP contribution in [0.5, 0.6) is 0 Å². The molecule has 24 heavy (non-hydrogen) atoms. The number of amides is 2. The molecular weight excluding hydrogens is 312 g/mol. The topological polar surface area (TPSA) is 89.7 Å². The highest BCUT2D eigenvalue weighted by atomic mass is 16.5. The molecule has 1 aliphatic carbocycles. The van der Waals surface area contributed by atoms with Crippen LogP contribution in [0, 0.1) is 5.92 Å². The molecule has 0 spiro atoms. The third-order valence-electron chi connectivity index (χ3n) is 4.32. The van der Waals surface area contributed by atoms with Gasteiger partial charge in [0.2, 0.25) is 5.89 Å². The highest BCUT2D eigenvalue weighted by molar-refractivity contribution is 5.75. The van der Waals surface area contributed by atoms with Gasteiger partial charge in [0, 0.05) is 46.4 Å². The number of hydrogen-bond acceptors (Lipinski definition) is 6. The first-order chi connectivity index (χ1) is 11.8. The van der Waals surface area contributed by atoms with E-state index < -0.39 is 0 Å². The summed E-state index contributed by atoms with van der Waals surface area (Å²) >= 11 is 0. The van der Waals surface area contributed by atoms with Crippen molar-refractivity contribution in [3.05, 3.63) is 11.7 Å². The molecule has 1 N–H and O–H groups in total. The lowest BCUT2D eigenvalue weighted by Crippen LogP contribution is -2.52. The second-order valence-corrected chi connectivity index (χ2v) is 6.50. The summed E-state index contributed by atoms with van der Waals surface area (Å²) in [5.74, 6) is 2.22. The highest BCUT2D eigenvalue weighted by Gasteiger charge is 2.35. The van der Waals surface area contributed by atoms with E-state index in [1.54, 1.807) is 12.0 Å². The number of hydrogen-bond donors (Lipinski definition) is 1. The van der Waals surface area contributed by atoms with Crippen LogP contribution < -0.4 is 5.32 Å². The van der Waals surface area contributed by atoms with Crippen molar-refractivity contribution in [2.75, 3.05) is 46.6 Å². The lowest BCUT2D eigenvalue weighted by atomic mass is 10.0. The Labute approximate surface area is 141 Å². The Morgan fingerprint density at radius 1 is 1.38 bits per heavy atom. The Hall–Kier alpha value is -1.67. The van der Waals surface area contributed by atoms with Gasteiger partial charge in [0.05, 0.1) is 12.5 Å². The van der Waals surface area contributed by atoms with E-state index in [4.69, 9.17) is 14.0 Å². The predicted molar refractivity (Wildman–Crippen MR) is 85.8 cm³/mol. The summed E-state index contributed by atoms with van der Waals surface area (Å²) in [7, 11) is 1.65. The van der Waals surface area contributed by atoms with E-state index in [-0.39, 0.29) is 11.9 Å². The maximum Gasteiger partial charge on any atom is 0.317 e. The molecule has 8 nitrogen and oxygen atoms in total. The normalized spacial score (nSPS) is 17.8. The number of rotatable bonds is 10. The van der Waals surface area contributed by atoms with E-state index in [1.165, 1.54) is 12.8 Å². The van der Waals surface area contributed by atoms with E-state index in [2.05, 4.69) is 15.5 Å². The molecule has 0 bridgehead atoms. The number of carbonyl (C=O) groups is 1. The third-order valence-corrected chi connectivity index (χ3v) is 4.32. The second-order valence-electron chi connectivity index (χ2n) is 6.50. The maximum absolute atomic E-state index is 11.9. The summed E-state index contributed by atoms with van der Waals surface area (Å²) in [6, 6.07) is -0.0458. The SMILES string of the molecule is COCCCNC(=O)N1CC(c2nc(CCOCC3CC3)no2)C1.